The second-order valence-electron chi connectivity index (χ2n) is 6.64. The smallest absolute Gasteiger partial charge is 0.232 e. The number of benzene rings is 2. The SMILES string of the molecule is CNC(C)(C)CCC(C(N)=O)(c1ccccc1)c1ccccc1. The van der Waals surface area contributed by atoms with Crippen molar-refractivity contribution in [1.82, 2.24) is 5.32 Å². The molecule has 0 aliphatic rings. The highest BCUT2D eigenvalue weighted by atomic mass is 16.1. The van der Waals surface area contributed by atoms with Crippen LogP contribution in [0.2, 0.25) is 0 Å². The van der Waals surface area contributed by atoms with Crippen molar-refractivity contribution in [3.8, 4) is 0 Å². The van der Waals surface area contributed by atoms with Gasteiger partial charge < -0.3 is 11.1 Å². The van der Waals surface area contributed by atoms with E-state index in [0.717, 1.165) is 17.5 Å². The first-order valence-corrected chi connectivity index (χ1v) is 8.02. The van der Waals surface area contributed by atoms with Gasteiger partial charge in [-0.2, -0.15) is 0 Å². The molecule has 23 heavy (non-hydrogen) atoms. The van der Waals surface area contributed by atoms with Crippen molar-refractivity contribution >= 4 is 5.91 Å². The minimum absolute atomic E-state index is 0.0652. The molecule has 0 radical (unpaired) electrons. The van der Waals surface area contributed by atoms with Crippen molar-refractivity contribution in [1.29, 1.82) is 0 Å². The van der Waals surface area contributed by atoms with Gasteiger partial charge in [-0.15, -0.1) is 0 Å². The summed E-state index contributed by atoms with van der Waals surface area (Å²) < 4.78 is 0. The largest absolute Gasteiger partial charge is 0.369 e. The van der Waals surface area contributed by atoms with E-state index < -0.39 is 5.41 Å². The Labute approximate surface area is 138 Å². The number of nitrogens with one attached hydrogen (secondary N) is 1. The van der Waals surface area contributed by atoms with Crippen LogP contribution in [0.15, 0.2) is 60.7 Å². The predicted octanol–water partition coefficient (Wildman–Crippen LogP) is 3.24. The Morgan fingerprint density at radius 1 is 0.913 bits per heavy atom. The quantitative estimate of drug-likeness (QED) is 0.825. The standard InChI is InChI=1S/C20H26N2O/c1-19(2,22-3)14-15-20(18(21)23,16-10-6-4-7-11-16)17-12-8-5-9-13-17/h4-13,22H,14-15H2,1-3H3,(H2,21,23). The number of carbonyl (C=O) groups is 1. The summed E-state index contributed by atoms with van der Waals surface area (Å²) >= 11 is 0. The van der Waals surface area contributed by atoms with Gasteiger partial charge in [-0.1, -0.05) is 60.7 Å². The van der Waals surface area contributed by atoms with Crippen LogP contribution in [0.3, 0.4) is 0 Å². The van der Waals surface area contributed by atoms with Crippen LogP contribution in [0.4, 0.5) is 0 Å². The topological polar surface area (TPSA) is 55.1 Å². The Balaban J connectivity index is 2.55. The summed E-state index contributed by atoms with van der Waals surface area (Å²) in [7, 11) is 1.94. The zero-order valence-corrected chi connectivity index (χ0v) is 14.2. The normalized spacial score (nSPS) is 12.1. The second kappa shape index (κ2) is 6.97. The Morgan fingerprint density at radius 2 is 1.35 bits per heavy atom. The molecule has 3 N–H and O–H groups in total. The second-order valence-corrected chi connectivity index (χ2v) is 6.64. The van der Waals surface area contributed by atoms with Crippen LogP contribution < -0.4 is 11.1 Å². The first-order chi connectivity index (χ1) is 10.9. The molecule has 0 bridgehead atoms. The summed E-state index contributed by atoms with van der Waals surface area (Å²) in [6.45, 7) is 4.27. The van der Waals surface area contributed by atoms with Crippen LogP contribution in [0.1, 0.15) is 37.8 Å². The summed E-state index contributed by atoms with van der Waals surface area (Å²) in [6, 6.07) is 19.7. The van der Waals surface area contributed by atoms with E-state index in [0.29, 0.717) is 6.42 Å². The highest BCUT2D eigenvalue weighted by molar-refractivity contribution is 5.90. The molecule has 2 aromatic carbocycles. The highest BCUT2D eigenvalue weighted by Crippen LogP contribution is 2.38. The van der Waals surface area contributed by atoms with Crippen molar-refractivity contribution in [2.24, 2.45) is 5.73 Å². The first-order valence-electron chi connectivity index (χ1n) is 8.02. The molecule has 2 aromatic rings. The van der Waals surface area contributed by atoms with E-state index in [1.165, 1.54) is 0 Å². The van der Waals surface area contributed by atoms with Crippen molar-refractivity contribution in [2.75, 3.05) is 7.05 Å². The van der Waals surface area contributed by atoms with Crippen LogP contribution in [0, 0.1) is 0 Å². The molecule has 3 nitrogen and oxygen atoms in total. The summed E-state index contributed by atoms with van der Waals surface area (Å²) in [5.74, 6) is -0.304. The lowest BCUT2D eigenvalue weighted by Crippen LogP contribution is -2.45. The maximum atomic E-state index is 12.6. The number of amides is 1. The molecule has 0 atom stereocenters. The van der Waals surface area contributed by atoms with E-state index in [1.807, 2.05) is 67.7 Å². The van der Waals surface area contributed by atoms with Crippen LogP contribution in [0.5, 0.6) is 0 Å². The fourth-order valence-corrected chi connectivity index (χ4v) is 2.93. The minimum atomic E-state index is -0.809. The maximum absolute atomic E-state index is 12.6. The van der Waals surface area contributed by atoms with Gasteiger partial charge in [-0.3, -0.25) is 4.79 Å². The van der Waals surface area contributed by atoms with E-state index in [4.69, 9.17) is 5.73 Å². The van der Waals surface area contributed by atoms with E-state index >= 15 is 0 Å². The van der Waals surface area contributed by atoms with Crippen molar-refractivity contribution in [2.45, 2.75) is 37.6 Å². The fourth-order valence-electron chi connectivity index (χ4n) is 2.93. The van der Waals surface area contributed by atoms with E-state index in [2.05, 4.69) is 19.2 Å². The average molecular weight is 310 g/mol. The van der Waals surface area contributed by atoms with Crippen LogP contribution in [-0.2, 0) is 10.2 Å². The molecule has 0 saturated carbocycles. The molecule has 0 fully saturated rings. The van der Waals surface area contributed by atoms with Gasteiger partial charge in [-0.25, -0.2) is 0 Å². The van der Waals surface area contributed by atoms with Crippen LogP contribution in [-0.4, -0.2) is 18.5 Å². The number of carbonyl (C=O) groups excluding carboxylic acids is 1. The summed E-state index contributed by atoms with van der Waals surface area (Å²) in [5, 5.41) is 3.30. The molecule has 0 spiro atoms. The molecule has 2 rings (SSSR count). The Morgan fingerprint density at radius 3 is 1.70 bits per heavy atom. The summed E-state index contributed by atoms with van der Waals surface area (Å²) in [6.07, 6.45) is 1.49. The van der Waals surface area contributed by atoms with Gasteiger partial charge in [0.05, 0.1) is 5.41 Å². The van der Waals surface area contributed by atoms with Gasteiger partial charge in [0.25, 0.3) is 0 Å². The van der Waals surface area contributed by atoms with Gasteiger partial charge in [0.2, 0.25) is 5.91 Å². The number of rotatable bonds is 7. The summed E-state index contributed by atoms with van der Waals surface area (Å²) in [5.41, 5.74) is 6.97. The number of hydrogen-bond donors (Lipinski definition) is 2. The Bertz CT molecular complexity index is 596. The highest BCUT2D eigenvalue weighted by Gasteiger charge is 2.41. The molecule has 122 valence electrons. The molecular formula is C20H26N2O. The molecular weight excluding hydrogens is 284 g/mol. The van der Waals surface area contributed by atoms with E-state index in [-0.39, 0.29) is 11.4 Å². The molecule has 0 unspecified atom stereocenters. The zero-order chi connectivity index (χ0) is 16.9. The average Bonchev–Trinajstić information content (AvgIpc) is 2.57. The van der Waals surface area contributed by atoms with Gasteiger partial charge in [0.15, 0.2) is 0 Å². The lowest BCUT2D eigenvalue weighted by Gasteiger charge is -2.35. The van der Waals surface area contributed by atoms with Gasteiger partial charge in [-0.05, 0) is 44.9 Å². The molecule has 0 heterocycles. The van der Waals surface area contributed by atoms with E-state index in [1.54, 1.807) is 0 Å². The minimum Gasteiger partial charge on any atom is -0.369 e. The van der Waals surface area contributed by atoms with Crippen LogP contribution in [0.25, 0.3) is 0 Å². The van der Waals surface area contributed by atoms with Crippen molar-refractivity contribution < 1.29 is 4.79 Å². The van der Waals surface area contributed by atoms with Crippen molar-refractivity contribution in [3.63, 3.8) is 0 Å². The fraction of sp³-hybridized carbons (Fsp3) is 0.350. The monoisotopic (exact) mass is 310 g/mol. The third kappa shape index (κ3) is 3.62. The molecule has 0 aliphatic carbocycles. The van der Waals surface area contributed by atoms with Gasteiger partial charge in [0.1, 0.15) is 0 Å². The molecule has 0 aromatic heterocycles. The van der Waals surface area contributed by atoms with Gasteiger partial charge in [0, 0.05) is 5.54 Å². The van der Waals surface area contributed by atoms with Crippen molar-refractivity contribution in [3.05, 3.63) is 71.8 Å². The number of primary amides is 1. The predicted molar refractivity (Wildman–Crippen MR) is 95.2 cm³/mol. The molecule has 0 saturated heterocycles. The lowest BCUT2D eigenvalue weighted by molar-refractivity contribution is -0.122. The maximum Gasteiger partial charge on any atom is 0.232 e. The van der Waals surface area contributed by atoms with Crippen LogP contribution >= 0.6 is 0 Å². The Hall–Kier alpha value is -2.13. The van der Waals surface area contributed by atoms with E-state index in [9.17, 15) is 4.79 Å². The number of hydrogen-bond acceptors (Lipinski definition) is 2. The molecule has 3 heteroatoms. The third-order valence-corrected chi connectivity index (χ3v) is 4.76. The van der Waals surface area contributed by atoms with Gasteiger partial charge >= 0.3 is 0 Å². The molecule has 1 amide bonds. The summed E-state index contributed by atoms with van der Waals surface area (Å²) in [4.78, 5) is 12.6. The molecule has 0 aliphatic heterocycles. The lowest BCUT2D eigenvalue weighted by atomic mass is 9.69. The Kier molecular flexibility index (Phi) is 5.22. The first kappa shape index (κ1) is 17.2. The zero-order valence-electron chi connectivity index (χ0n) is 14.2. The number of nitrogens with two attached hydrogens (primary N) is 1. The third-order valence-electron chi connectivity index (χ3n) is 4.76.